The second-order valence-electron chi connectivity index (χ2n) is 10.1. The van der Waals surface area contributed by atoms with Gasteiger partial charge in [0.1, 0.15) is 0 Å². The number of fused-ring (bicyclic) bond motifs is 6. The lowest BCUT2D eigenvalue weighted by Gasteiger charge is -2.13. The zero-order chi connectivity index (χ0) is 25.8. The Labute approximate surface area is 231 Å². The van der Waals surface area contributed by atoms with E-state index in [1.807, 2.05) is 11.3 Å². The number of thiophene rings is 1. The predicted octanol–water partition coefficient (Wildman–Crippen LogP) is 11.4. The minimum Gasteiger partial charge on any atom is -0.135 e. The first-order valence-electron chi connectivity index (χ1n) is 13.4. The van der Waals surface area contributed by atoms with Gasteiger partial charge in [0.05, 0.1) is 0 Å². The third-order valence-electron chi connectivity index (χ3n) is 7.88. The van der Waals surface area contributed by atoms with Crippen LogP contribution in [-0.2, 0) is 0 Å². The highest BCUT2D eigenvalue weighted by molar-refractivity contribution is 7.26. The van der Waals surface area contributed by atoms with Crippen LogP contribution in [0.1, 0.15) is 0 Å². The van der Waals surface area contributed by atoms with Gasteiger partial charge in [0, 0.05) is 20.2 Å². The van der Waals surface area contributed by atoms with Crippen molar-refractivity contribution < 1.29 is 0 Å². The van der Waals surface area contributed by atoms with Gasteiger partial charge in [-0.05, 0) is 73.1 Å². The molecule has 39 heavy (non-hydrogen) atoms. The van der Waals surface area contributed by atoms with Crippen molar-refractivity contribution in [3.63, 3.8) is 0 Å². The summed E-state index contributed by atoms with van der Waals surface area (Å²) in [6.07, 6.45) is 0. The minimum atomic E-state index is 1.24. The van der Waals surface area contributed by atoms with E-state index < -0.39 is 0 Å². The highest BCUT2D eigenvalue weighted by atomic mass is 32.1. The van der Waals surface area contributed by atoms with Crippen molar-refractivity contribution in [2.45, 2.75) is 0 Å². The molecule has 1 aromatic heterocycles. The van der Waals surface area contributed by atoms with Gasteiger partial charge in [0.15, 0.2) is 0 Å². The lowest BCUT2D eigenvalue weighted by Crippen LogP contribution is -1.86. The molecule has 1 heterocycles. The van der Waals surface area contributed by atoms with E-state index in [1.165, 1.54) is 75.1 Å². The molecule has 0 aliphatic carbocycles. The maximum Gasteiger partial charge on any atom is 0.0433 e. The first-order chi connectivity index (χ1) is 19.3. The van der Waals surface area contributed by atoms with E-state index in [0.29, 0.717) is 0 Å². The maximum atomic E-state index is 2.36. The topological polar surface area (TPSA) is 0 Å². The highest BCUT2D eigenvalue weighted by Gasteiger charge is 2.12. The Morgan fingerprint density at radius 2 is 0.974 bits per heavy atom. The van der Waals surface area contributed by atoms with Crippen LogP contribution in [-0.4, -0.2) is 0 Å². The first-order valence-corrected chi connectivity index (χ1v) is 14.2. The molecule has 0 N–H and O–H groups in total. The van der Waals surface area contributed by atoms with Gasteiger partial charge in [0.2, 0.25) is 0 Å². The second kappa shape index (κ2) is 8.94. The van der Waals surface area contributed by atoms with Gasteiger partial charge in [-0.15, -0.1) is 11.3 Å². The van der Waals surface area contributed by atoms with Crippen molar-refractivity contribution in [3.05, 3.63) is 146 Å². The molecule has 7 aromatic carbocycles. The lowest BCUT2D eigenvalue weighted by molar-refractivity contribution is 1.63. The standard InChI is InChI=1S/C38H24S/c1-2-9-25(10-3-1)28-21-22-29-24-35(31-11-4-5-12-32(31)36(29)23-28)27-19-17-26(18-20-27)30-14-8-15-34-33-13-6-7-16-37(33)39-38(30)34/h1-24H. The van der Waals surface area contributed by atoms with Crippen molar-refractivity contribution in [2.24, 2.45) is 0 Å². The van der Waals surface area contributed by atoms with E-state index in [-0.39, 0.29) is 0 Å². The summed E-state index contributed by atoms with van der Waals surface area (Å²) in [5, 5.41) is 7.82. The molecule has 0 saturated carbocycles. The van der Waals surface area contributed by atoms with Crippen LogP contribution < -0.4 is 0 Å². The third-order valence-corrected chi connectivity index (χ3v) is 9.10. The van der Waals surface area contributed by atoms with Crippen LogP contribution in [0.2, 0.25) is 0 Å². The highest BCUT2D eigenvalue weighted by Crippen LogP contribution is 2.41. The molecule has 0 amide bonds. The molecule has 0 atom stereocenters. The molecular formula is C38H24S. The van der Waals surface area contributed by atoms with E-state index in [2.05, 4.69) is 146 Å². The Bertz CT molecular complexity index is 2150. The molecule has 0 unspecified atom stereocenters. The summed E-state index contributed by atoms with van der Waals surface area (Å²) in [5.41, 5.74) is 7.58. The van der Waals surface area contributed by atoms with Crippen LogP contribution >= 0.6 is 11.3 Å². The summed E-state index contributed by atoms with van der Waals surface area (Å²) in [7, 11) is 0. The second-order valence-corrected chi connectivity index (χ2v) is 11.2. The smallest absolute Gasteiger partial charge is 0.0433 e. The molecule has 0 aliphatic rings. The summed E-state index contributed by atoms with van der Waals surface area (Å²) >= 11 is 1.89. The summed E-state index contributed by atoms with van der Waals surface area (Å²) < 4.78 is 2.70. The van der Waals surface area contributed by atoms with Crippen LogP contribution in [0.15, 0.2) is 146 Å². The molecule has 8 rings (SSSR count). The van der Waals surface area contributed by atoms with Crippen LogP contribution in [0, 0.1) is 0 Å². The molecular weight excluding hydrogens is 488 g/mol. The van der Waals surface area contributed by atoms with Crippen molar-refractivity contribution in [3.8, 4) is 33.4 Å². The summed E-state index contributed by atoms with van der Waals surface area (Å²) in [5.74, 6) is 0. The number of hydrogen-bond donors (Lipinski definition) is 0. The molecule has 182 valence electrons. The number of hydrogen-bond acceptors (Lipinski definition) is 1. The van der Waals surface area contributed by atoms with Crippen molar-refractivity contribution in [2.75, 3.05) is 0 Å². The summed E-state index contributed by atoms with van der Waals surface area (Å²) in [4.78, 5) is 0. The monoisotopic (exact) mass is 512 g/mol. The Kier molecular flexibility index (Phi) is 5.11. The normalized spacial score (nSPS) is 11.6. The fourth-order valence-electron chi connectivity index (χ4n) is 5.95. The predicted molar refractivity (Wildman–Crippen MR) is 171 cm³/mol. The van der Waals surface area contributed by atoms with Gasteiger partial charge >= 0.3 is 0 Å². The van der Waals surface area contributed by atoms with Gasteiger partial charge < -0.3 is 0 Å². The molecule has 1 heteroatoms. The number of benzene rings is 7. The maximum absolute atomic E-state index is 2.36. The van der Waals surface area contributed by atoms with Crippen molar-refractivity contribution in [1.82, 2.24) is 0 Å². The Hall–Kier alpha value is -4.72. The molecule has 0 spiro atoms. The average molecular weight is 513 g/mol. The molecule has 0 aliphatic heterocycles. The van der Waals surface area contributed by atoms with Gasteiger partial charge in [-0.2, -0.15) is 0 Å². The van der Waals surface area contributed by atoms with E-state index >= 15 is 0 Å². The van der Waals surface area contributed by atoms with Crippen LogP contribution in [0.25, 0.3) is 75.1 Å². The molecule has 0 nitrogen and oxygen atoms in total. The molecule has 0 saturated heterocycles. The quantitative estimate of drug-likeness (QED) is 0.207. The Balaban J connectivity index is 1.26. The van der Waals surface area contributed by atoms with Crippen LogP contribution in [0.4, 0.5) is 0 Å². The van der Waals surface area contributed by atoms with Gasteiger partial charge in [0.25, 0.3) is 0 Å². The van der Waals surface area contributed by atoms with E-state index in [0.717, 1.165) is 0 Å². The number of rotatable bonds is 3. The van der Waals surface area contributed by atoms with E-state index in [4.69, 9.17) is 0 Å². The van der Waals surface area contributed by atoms with Gasteiger partial charge in [-0.25, -0.2) is 0 Å². The zero-order valence-corrected chi connectivity index (χ0v) is 22.1. The molecule has 8 aromatic rings. The average Bonchev–Trinajstić information content (AvgIpc) is 3.40. The Morgan fingerprint density at radius 3 is 1.79 bits per heavy atom. The van der Waals surface area contributed by atoms with Crippen molar-refractivity contribution in [1.29, 1.82) is 0 Å². The fraction of sp³-hybridized carbons (Fsp3) is 0. The third kappa shape index (κ3) is 3.66. The largest absolute Gasteiger partial charge is 0.135 e. The summed E-state index contributed by atoms with van der Waals surface area (Å²) in [6.45, 7) is 0. The lowest BCUT2D eigenvalue weighted by atomic mass is 9.91. The fourth-order valence-corrected chi connectivity index (χ4v) is 7.19. The van der Waals surface area contributed by atoms with Gasteiger partial charge in [-0.1, -0.05) is 127 Å². The molecule has 0 fully saturated rings. The summed E-state index contributed by atoms with van der Waals surface area (Å²) in [6, 6.07) is 53.2. The van der Waals surface area contributed by atoms with Crippen molar-refractivity contribution >= 4 is 53.1 Å². The van der Waals surface area contributed by atoms with Crippen LogP contribution in [0.5, 0.6) is 0 Å². The minimum absolute atomic E-state index is 1.24. The zero-order valence-electron chi connectivity index (χ0n) is 21.3. The van der Waals surface area contributed by atoms with E-state index in [9.17, 15) is 0 Å². The van der Waals surface area contributed by atoms with E-state index in [1.54, 1.807) is 0 Å². The van der Waals surface area contributed by atoms with Gasteiger partial charge in [-0.3, -0.25) is 0 Å². The Morgan fingerprint density at radius 1 is 0.333 bits per heavy atom. The SMILES string of the molecule is c1ccc(-c2ccc3cc(-c4ccc(-c5cccc6c5sc5ccccc56)cc4)c4ccccc4c3c2)cc1. The molecule has 0 radical (unpaired) electrons. The molecule has 0 bridgehead atoms. The van der Waals surface area contributed by atoms with Crippen LogP contribution in [0.3, 0.4) is 0 Å². The first kappa shape index (κ1) is 22.3.